The summed E-state index contributed by atoms with van der Waals surface area (Å²) < 4.78 is 5.54. The SMILES string of the molecule is Cc1ccc(OCC(=O)N2CCCCC2CN)cc1. The van der Waals surface area contributed by atoms with Crippen molar-refractivity contribution in [3.05, 3.63) is 29.8 Å². The summed E-state index contributed by atoms with van der Waals surface area (Å²) >= 11 is 0. The number of nitrogens with two attached hydrogens (primary N) is 1. The molecule has 2 rings (SSSR count). The van der Waals surface area contributed by atoms with Gasteiger partial charge in [-0.15, -0.1) is 0 Å². The second-order valence-electron chi connectivity index (χ2n) is 5.07. The Hall–Kier alpha value is -1.55. The Morgan fingerprint density at radius 1 is 1.37 bits per heavy atom. The van der Waals surface area contributed by atoms with Gasteiger partial charge in [0.1, 0.15) is 5.75 Å². The van der Waals surface area contributed by atoms with Crippen molar-refractivity contribution in [3.63, 3.8) is 0 Å². The van der Waals surface area contributed by atoms with Gasteiger partial charge in [-0.1, -0.05) is 17.7 Å². The van der Waals surface area contributed by atoms with E-state index in [4.69, 9.17) is 10.5 Å². The number of rotatable bonds is 4. The van der Waals surface area contributed by atoms with Crippen LogP contribution >= 0.6 is 0 Å². The number of ether oxygens (including phenoxy) is 1. The number of piperidine rings is 1. The maximum absolute atomic E-state index is 12.2. The van der Waals surface area contributed by atoms with Crippen LogP contribution in [0.4, 0.5) is 0 Å². The van der Waals surface area contributed by atoms with E-state index in [9.17, 15) is 4.79 Å². The van der Waals surface area contributed by atoms with Crippen molar-refractivity contribution in [2.75, 3.05) is 19.7 Å². The van der Waals surface area contributed by atoms with Crippen LogP contribution in [0, 0.1) is 6.92 Å². The molecule has 104 valence electrons. The highest BCUT2D eigenvalue weighted by atomic mass is 16.5. The summed E-state index contributed by atoms with van der Waals surface area (Å²) in [6.45, 7) is 3.46. The molecule has 0 aromatic heterocycles. The number of carbonyl (C=O) groups is 1. The van der Waals surface area contributed by atoms with Gasteiger partial charge >= 0.3 is 0 Å². The number of benzene rings is 1. The quantitative estimate of drug-likeness (QED) is 0.898. The highest BCUT2D eigenvalue weighted by molar-refractivity contribution is 5.78. The molecule has 1 aromatic carbocycles. The molecule has 1 saturated heterocycles. The average Bonchev–Trinajstić information content (AvgIpc) is 2.46. The van der Waals surface area contributed by atoms with Crippen LogP contribution < -0.4 is 10.5 Å². The molecule has 4 heteroatoms. The Morgan fingerprint density at radius 3 is 2.79 bits per heavy atom. The zero-order chi connectivity index (χ0) is 13.7. The molecule has 0 bridgehead atoms. The maximum Gasteiger partial charge on any atom is 0.260 e. The standard InChI is InChI=1S/C15H22N2O2/c1-12-5-7-14(8-6-12)19-11-15(18)17-9-3-2-4-13(17)10-16/h5-8,13H,2-4,9-11,16H2,1H3. The first kappa shape index (κ1) is 13.9. The van der Waals surface area contributed by atoms with E-state index in [0.29, 0.717) is 6.54 Å². The van der Waals surface area contributed by atoms with Crippen LogP contribution in [0.5, 0.6) is 5.75 Å². The van der Waals surface area contributed by atoms with Crippen molar-refractivity contribution < 1.29 is 9.53 Å². The predicted molar refractivity (Wildman–Crippen MR) is 75.1 cm³/mol. The molecule has 1 unspecified atom stereocenters. The van der Waals surface area contributed by atoms with Gasteiger partial charge in [-0.05, 0) is 38.3 Å². The Labute approximate surface area is 114 Å². The van der Waals surface area contributed by atoms with Gasteiger partial charge in [-0.2, -0.15) is 0 Å². The lowest BCUT2D eigenvalue weighted by Gasteiger charge is -2.34. The normalized spacial score (nSPS) is 19.3. The zero-order valence-electron chi connectivity index (χ0n) is 11.5. The minimum Gasteiger partial charge on any atom is -0.484 e. The summed E-state index contributed by atoms with van der Waals surface area (Å²) in [7, 11) is 0. The van der Waals surface area contributed by atoms with Crippen LogP contribution in [0.15, 0.2) is 24.3 Å². The van der Waals surface area contributed by atoms with Crippen LogP contribution in [-0.4, -0.2) is 36.5 Å². The first-order valence-corrected chi connectivity index (χ1v) is 6.89. The third-order valence-electron chi connectivity index (χ3n) is 3.60. The van der Waals surface area contributed by atoms with Crippen molar-refractivity contribution in [2.24, 2.45) is 5.73 Å². The highest BCUT2D eigenvalue weighted by Crippen LogP contribution is 2.17. The molecule has 0 radical (unpaired) electrons. The van der Waals surface area contributed by atoms with E-state index in [2.05, 4.69) is 0 Å². The fraction of sp³-hybridized carbons (Fsp3) is 0.533. The van der Waals surface area contributed by atoms with Crippen molar-refractivity contribution in [2.45, 2.75) is 32.2 Å². The van der Waals surface area contributed by atoms with Crippen LogP contribution in [0.2, 0.25) is 0 Å². The molecule has 1 fully saturated rings. The number of nitrogens with zero attached hydrogens (tertiary/aromatic N) is 1. The zero-order valence-corrected chi connectivity index (χ0v) is 11.5. The summed E-state index contributed by atoms with van der Waals surface area (Å²) in [5, 5.41) is 0. The molecule has 0 aliphatic carbocycles. The largest absolute Gasteiger partial charge is 0.484 e. The van der Waals surface area contributed by atoms with Gasteiger partial charge in [-0.3, -0.25) is 4.79 Å². The molecule has 4 nitrogen and oxygen atoms in total. The van der Waals surface area contributed by atoms with Crippen molar-refractivity contribution in [1.29, 1.82) is 0 Å². The molecule has 0 spiro atoms. The smallest absolute Gasteiger partial charge is 0.260 e. The molecule has 1 aromatic rings. The van der Waals surface area contributed by atoms with Gasteiger partial charge in [0.2, 0.25) is 0 Å². The Bertz CT molecular complexity index is 417. The van der Waals surface area contributed by atoms with Gasteiger partial charge < -0.3 is 15.4 Å². The molecular weight excluding hydrogens is 240 g/mol. The second kappa shape index (κ2) is 6.57. The number of carbonyl (C=O) groups excluding carboxylic acids is 1. The topological polar surface area (TPSA) is 55.6 Å². The average molecular weight is 262 g/mol. The third-order valence-corrected chi connectivity index (χ3v) is 3.60. The van der Waals surface area contributed by atoms with Crippen LogP contribution in [-0.2, 0) is 4.79 Å². The Morgan fingerprint density at radius 2 is 2.11 bits per heavy atom. The summed E-state index contributed by atoms with van der Waals surface area (Å²) in [5.41, 5.74) is 6.90. The molecule has 2 N–H and O–H groups in total. The molecule has 1 atom stereocenters. The lowest BCUT2D eigenvalue weighted by molar-refractivity contribution is -0.136. The monoisotopic (exact) mass is 262 g/mol. The first-order valence-electron chi connectivity index (χ1n) is 6.89. The van der Waals surface area contributed by atoms with E-state index in [1.165, 1.54) is 5.56 Å². The summed E-state index contributed by atoms with van der Waals surface area (Å²) in [5.74, 6) is 0.774. The van der Waals surface area contributed by atoms with Gasteiger partial charge in [0.05, 0.1) is 0 Å². The van der Waals surface area contributed by atoms with E-state index < -0.39 is 0 Å². The first-order chi connectivity index (χ1) is 9.20. The van der Waals surface area contributed by atoms with Crippen LogP contribution in [0.1, 0.15) is 24.8 Å². The summed E-state index contributed by atoms with van der Waals surface area (Å²) in [6.07, 6.45) is 3.23. The van der Waals surface area contributed by atoms with E-state index in [-0.39, 0.29) is 18.6 Å². The second-order valence-corrected chi connectivity index (χ2v) is 5.07. The molecule has 1 amide bonds. The van der Waals surface area contributed by atoms with Crippen molar-refractivity contribution in [3.8, 4) is 5.75 Å². The fourth-order valence-electron chi connectivity index (χ4n) is 2.44. The summed E-state index contributed by atoms with van der Waals surface area (Å²) in [6, 6.07) is 7.91. The van der Waals surface area contributed by atoms with Gasteiger partial charge in [0.25, 0.3) is 5.91 Å². The lowest BCUT2D eigenvalue weighted by Crippen LogP contribution is -2.49. The number of aryl methyl sites for hydroxylation is 1. The Kier molecular flexibility index (Phi) is 4.80. The van der Waals surface area contributed by atoms with E-state index in [0.717, 1.165) is 31.6 Å². The minimum atomic E-state index is 0.0377. The molecule has 1 heterocycles. The number of amides is 1. The van der Waals surface area contributed by atoms with Crippen LogP contribution in [0.3, 0.4) is 0 Å². The highest BCUT2D eigenvalue weighted by Gasteiger charge is 2.25. The summed E-state index contributed by atoms with van der Waals surface area (Å²) in [4.78, 5) is 14.0. The van der Waals surface area contributed by atoms with Gasteiger partial charge in [-0.25, -0.2) is 0 Å². The lowest BCUT2D eigenvalue weighted by atomic mass is 10.0. The van der Waals surface area contributed by atoms with Crippen LogP contribution in [0.25, 0.3) is 0 Å². The molecule has 0 saturated carbocycles. The molecule has 1 aliphatic rings. The Balaban J connectivity index is 1.87. The maximum atomic E-state index is 12.2. The van der Waals surface area contributed by atoms with E-state index in [1.54, 1.807) is 0 Å². The predicted octanol–water partition coefficient (Wildman–Crippen LogP) is 1.71. The number of hydrogen-bond donors (Lipinski definition) is 1. The minimum absolute atomic E-state index is 0.0377. The van der Waals surface area contributed by atoms with E-state index >= 15 is 0 Å². The third kappa shape index (κ3) is 3.70. The number of hydrogen-bond acceptors (Lipinski definition) is 3. The van der Waals surface area contributed by atoms with Crippen molar-refractivity contribution >= 4 is 5.91 Å². The molecular formula is C15H22N2O2. The van der Waals surface area contributed by atoms with Gasteiger partial charge in [0, 0.05) is 19.1 Å². The molecule has 19 heavy (non-hydrogen) atoms. The van der Waals surface area contributed by atoms with Gasteiger partial charge in [0.15, 0.2) is 6.61 Å². The fourth-order valence-corrected chi connectivity index (χ4v) is 2.44. The van der Waals surface area contributed by atoms with Crippen molar-refractivity contribution in [1.82, 2.24) is 4.90 Å². The number of likely N-dealkylation sites (tertiary alicyclic amines) is 1. The molecule has 1 aliphatic heterocycles. The van der Waals surface area contributed by atoms with E-state index in [1.807, 2.05) is 36.1 Å².